The van der Waals surface area contributed by atoms with Gasteiger partial charge in [-0.25, -0.2) is 9.48 Å². The van der Waals surface area contributed by atoms with E-state index in [1.165, 1.54) is 0 Å². The molecule has 0 atom stereocenters. The lowest BCUT2D eigenvalue weighted by atomic mass is 10.0. The first-order valence-corrected chi connectivity index (χ1v) is 9.01. The van der Waals surface area contributed by atoms with Crippen molar-refractivity contribution in [3.63, 3.8) is 0 Å². The van der Waals surface area contributed by atoms with Crippen molar-refractivity contribution in [1.29, 1.82) is 0 Å². The number of rotatable bonds is 5. The summed E-state index contributed by atoms with van der Waals surface area (Å²) in [7, 11) is 0. The second-order valence-corrected chi connectivity index (χ2v) is 6.23. The van der Waals surface area contributed by atoms with Crippen LogP contribution in [0.5, 0.6) is 0 Å². The van der Waals surface area contributed by atoms with Gasteiger partial charge in [-0.15, -0.1) is 0 Å². The first-order valence-electron chi connectivity index (χ1n) is 8.37. The molecule has 1 aliphatic heterocycles. The van der Waals surface area contributed by atoms with Crippen molar-refractivity contribution in [3.8, 4) is 5.69 Å². The smallest absolute Gasteiger partial charge is 0.359 e. The summed E-state index contributed by atoms with van der Waals surface area (Å²) in [6, 6.07) is 9.68. The van der Waals surface area contributed by atoms with Crippen LogP contribution in [0.1, 0.15) is 35.1 Å². The summed E-state index contributed by atoms with van der Waals surface area (Å²) in [4.78, 5) is 26.3. The van der Waals surface area contributed by atoms with Crippen LogP contribution in [-0.4, -0.2) is 45.5 Å². The zero-order chi connectivity index (χ0) is 17.8. The Morgan fingerprint density at radius 2 is 2.04 bits per heavy atom. The Kier molecular flexibility index (Phi) is 5.43. The number of thiol groups is 1. The lowest BCUT2D eigenvalue weighted by molar-refractivity contribution is -0.131. The highest BCUT2D eigenvalue weighted by atomic mass is 32.1. The van der Waals surface area contributed by atoms with Crippen molar-refractivity contribution in [2.24, 2.45) is 0 Å². The highest BCUT2D eigenvalue weighted by molar-refractivity contribution is 7.80. The Labute approximate surface area is 152 Å². The van der Waals surface area contributed by atoms with Crippen molar-refractivity contribution in [1.82, 2.24) is 14.7 Å². The zero-order valence-electron chi connectivity index (χ0n) is 14.1. The Bertz CT molecular complexity index is 773. The van der Waals surface area contributed by atoms with Gasteiger partial charge in [0.2, 0.25) is 5.91 Å². The quantitative estimate of drug-likeness (QED) is 0.657. The van der Waals surface area contributed by atoms with Crippen molar-refractivity contribution in [2.75, 3.05) is 18.9 Å². The van der Waals surface area contributed by atoms with E-state index >= 15 is 0 Å². The van der Waals surface area contributed by atoms with Crippen molar-refractivity contribution in [2.45, 2.75) is 26.3 Å². The number of fused-ring (bicyclic) bond motifs is 1. The van der Waals surface area contributed by atoms with Gasteiger partial charge in [-0.1, -0.05) is 18.2 Å². The van der Waals surface area contributed by atoms with Crippen LogP contribution in [0.25, 0.3) is 5.69 Å². The topological polar surface area (TPSA) is 64.4 Å². The van der Waals surface area contributed by atoms with Gasteiger partial charge in [0, 0.05) is 31.5 Å². The lowest BCUT2D eigenvalue weighted by Crippen LogP contribution is -2.36. The van der Waals surface area contributed by atoms with E-state index in [0.717, 1.165) is 16.9 Å². The fourth-order valence-corrected chi connectivity index (χ4v) is 3.22. The van der Waals surface area contributed by atoms with Crippen molar-refractivity contribution in [3.05, 3.63) is 47.3 Å². The van der Waals surface area contributed by atoms with E-state index in [1.807, 2.05) is 30.3 Å². The Hall–Kier alpha value is -2.28. The fraction of sp³-hybridized carbons (Fsp3) is 0.389. The molecule has 1 amide bonds. The van der Waals surface area contributed by atoms with Gasteiger partial charge in [-0.3, -0.25) is 4.79 Å². The minimum absolute atomic E-state index is 0.0444. The van der Waals surface area contributed by atoms with Gasteiger partial charge >= 0.3 is 5.97 Å². The number of hydrogen-bond acceptors (Lipinski definition) is 5. The number of aromatic nitrogens is 2. The number of carbonyl (C=O) groups excluding carboxylic acids is 2. The average molecular weight is 359 g/mol. The number of nitrogens with zero attached hydrogens (tertiary/aromatic N) is 3. The summed E-state index contributed by atoms with van der Waals surface area (Å²) < 4.78 is 6.95. The van der Waals surface area contributed by atoms with Crippen LogP contribution in [0.3, 0.4) is 0 Å². The summed E-state index contributed by atoms with van der Waals surface area (Å²) in [5, 5.41) is 4.51. The molecule has 25 heavy (non-hydrogen) atoms. The molecule has 0 N–H and O–H groups in total. The molecule has 1 aliphatic rings. The number of ether oxygens (including phenoxy) is 1. The molecule has 0 spiro atoms. The summed E-state index contributed by atoms with van der Waals surface area (Å²) in [6.45, 7) is 3.04. The van der Waals surface area contributed by atoms with Crippen LogP contribution in [-0.2, 0) is 22.5 Å². The molecular formula is C18H21N3O3S. The normalized spacial score (nSPS) is 13.4. The van der Waals surface area contributed by atoms with Crippen LogP contribution in [0.4, 0.5) is 0 Å². The molecule has 2 heterocycles. The van der Waals surface area contributed by atoms with Crippen LogP contribution in [0.2, 0.25) is 0 Å². The highest BCUT2D eigenvalue weighted by Gasteiger charge is 2.30. The van der Waals surface area contributed by atoms with Gasteiger partial charge in [-0.2, -0.15) is 17.7 Å². The van der Waals surface area contributed by atoms with Crippen LogP contribution < -0.4 is 0 Å². The average Bonchev–Trinajstić information content (AvgIpc) is 3.02. The number of para-hydroxylation sites is 1. The number of hydrogen-bond donors (Lipinski definition) is 1. The number of carbonyl (C=O) groups is 2. The summed E-state index contributed by atoms with van der Waals surface area (Å²) in [6.07, 6.45) is 1.04. The molecule has 1 aromatic carbocycles. The Morgan fingerprint density at radius 3 is 2.72 bits per heavy atom. The maximum atomic E-state index is 12.3. The zero-order valence-corrected chi connectivity index (χ0v) is 15.0. The molecule has 7 heteroatoms. The molecule has 0 radical (unpaired) electrons. The molecule has 0 saturated carbocycles. The molecule has 0 fully saturated rings. The lowest BCUT2D eigenvalue weighted by Gasteiger charge is -2.27. The Balaban J connectivity index is 2.01. The molecule has 132 valence electrons. The molecule has 0 bridgehead atoms. The summed E-state index contributed by atoms with van der Waals surface area (Å²) in [5.74, 6) is 0.107. The third-order valence-corrected chi connectivity index (χ3v) is 4.43. The van der Waals surface area contributed by atoms with E-state index < -0.39 is 5.97 Å². The first-order chi connectivity index (χ1) is 12.2. The minimum atomic E-state index is -0.447. The van der Waals surface area contributed by atoms with Crippen LogP contribution >= 0.6 is 12.6 Å². The largest absolute Gasteiger partial charge is 0.461 e. The molecule has 2 aromatic rings. The van der Waals surface area contributed by atoms with E-state index in [0.29, 0.717) is 37.4 Å². The summed E-state index contributed by atoms with van der Waals surface area (Å²) >= 11 is 4.13. The van der Waals surface area contributed by atoms with Gasteiger partial charge in [0.05, 0.1) is 18.0 Å². The van der Waals surface area contributed by atoms with E-state index in [2.05, 4.69) is 17.7 Å². The van der Waals surface area contributed by atoms with Gasteiger partial charge in [0.15, 0.2) is 5.69 Å². The minimum Gasteiger partial charge on any atom is -0.461 e. The fourth-order valence-electron chi connectivity index (χ4n) is 3.03. The number of amides is 1. The molecule has 3 rings (SSSR count). The van der Waals surface area contributed by atoms with E-state index in [9.17, 15) is 9.59 Å². The van der Waals surface area contributed by atoms with E-state index in [4.69, 9.17) is 4.74 Å². The second kappa shape index (κ2) is 7.74. The monoisotopic (exact) mass is 359 g/mol. The third kappa shape index (κ3) is 3.56. The standard InChI is InChI=1S/C18H21N3O3S/c1-2-24-18(23)17-14-12-20(16(22)9-11-25)10-8-15(14)21(19-17)13-6-4-3-5-7-13/h3-7,25H,2,8-12H2,1H3. The van der Waals surface area contributed by atoms with Crippen LogP contribution in [0.15, 0.2) is 30.3 Å². The molecule has 0 aliphatic carbocycles. The van der Waals surface area contributed by atoms with E-state index in [-0.39, 0.29) is 12.5 Å². The van der Waals surface area contributed by atoms with Crippen molar-refractivity contribution < 1.29 is 14.3 Å². The van der Waals surface area contributed by atoms with E-state index in [1.54, 1.807) is 16.5 Å². The molecule has 0 unspecified atom stereocenters. The second-order valence-electron chi connectivity index (χ2n) is 5.78. The molecule has 0 saturated heterocycles. The first kappa shape index (κ1) is 17.5. The van der Waals surface area contributed by atoms with Gasteiger partial charge in [0.1, 0.15) is 0 Å². The SMILES string of the molecule is CCOC(=O)c1nn(-c2ccccc2)c2c1CN(C(=O)CCS)CC2. The molecule has 1 aromatic heterocycles. The predicted octanol–water partition coefficient (Wildman–Crippen LogP) is 2.25. The number of benzene rings is 1. The maximum Gasteiger partial charge on any atom is 0.359 e. The Morgan fingerprint density at radius 1 is 1.28 bits per heavy atom. The summed E-state index contributed by atoms with van der Waals surface area (Å²) in [5.41, 5.74) is 2.93. The maximum absolute atomic E-state index is 12.3. The van der Waals surface area contributed by atoms with Crippen molar-refractivity contribution >= 4 is 24.5 Å². The predicted molar refractivity (Wildman–Crippen MR) is 97.1 cm³/mol. The van der Waals surface area contributed by atoms with Crippen LogP contribution in [0, 0.1) is 0 Å². The molecular weight excluding hydrogens is 338 g/mol. The number of esters is 1. The highest BCUT2D eigenvalue weighted by Crippen LogP contribution is 2.26. The van der Waals surface area contributed by atoms with Gasteiger partial charge in [-0.05, 0) is 24.8 Å². The molecule has 6 nitrogen and oxygen atoms in total. The third-order valence-electron chi connectivity index (χ3n) is 4.21. The van der Waals surface area contributed by atoms with Gasteiger partial charge in [0.25, 0.3) is 0 Å². The van der Waals surface area contributed by atoms with Gasteiger partial charge < -0.3 is 9.64 Å².